The Morgan fingerprint density at radius 1 is 1.13 bits per heavy atom. The van der Waals surface area contributed by atoms with Crippen LogP contribution in [-0.2, 0) is 0 Å². The van der Waals surface area contributed by atoms with Gasteiger partial charge in [-0.3, -0.25) is 0 Å². The zero-order valence-electron chi connectivity index (χ0n) is 11.2. The highest BCUT2D eigenvalue weighted by molar-refractivity contribution is 7.99. The Balaban J connectivity index is 3.30. The highest BCUT2D eigenvalue weighted by atomic mass is 32.2. The zero-order valence-corrected chi connectivity index (χ0v) is 12.0. The third kappa shape index (κ3) is 9.25. The highest BCUT2D eigenvalue weighted by Gasteiger charge is 2.07. The number of hydrogen-bond donors (Lipinski definition) is 1. The van der Waals surface area contributed by atoms with E-state index < -0.39 is 0 Å². The van der Waals surface area contributed by atoms with Gasteiger partial charge in [0.1, 0.15) is 0 Å². The molecule has 0 heterocycles. The molecule has 2 unspecified atom stereocenters. The molecule has 0 radical (unpaired) electrons. The molecule has 15 heavy (non-hydrogen) atoms. The molecule has 1 N–H and O–H groups in total. The van der Waals surface area contributed by atoms with E-state index in [9.17, 15) is 0 Å². The smallest absolute Gasteiger partial charge is 0.00417 e. The second-order valence-electron chi connectivity index (χ2n) is 4.82. The summed E-state index contributed by atoms with van der Waals surface area (Å²) in [6, 6.07) is 0.694. The maximum Gasteiger partial charge on any atom is 0.00417 e. The first kappa shape index (κ1) is 15.3. The Hall–Kier alpha value is 0.310. The summed E-state index contributed by atoms with van der Waals surface area (Å²) in [5, 5.41) is 4.34. The van der Waals surface area contributed by atoms with E-state index in [1.165, 1.54) is 25.0 Å². The molecule has 1 nitrogen and oxygen atoms in total. The first-order valence-electron chi connectivity index (χ1n) is 6.42. The van der Waals surface area contributed by atoms with E-state index in [2.05, 4.69) is 51.7 Å². The first-order chi connectivity index (χ1) is 7.07. The van der Waals surface area contributed by atoms with Crippen LogP contribution < -0.4 is 5.32 Å². The molecule has 0 fully saturated rings. The lowest BCUT2D eigenvalue weighted by molar-refractivity contribution is 0.509. The van der Waals surface area contributed by atoms with Gasteiger partial charge in [0.05, 0.1) is 0 Å². The van der Waals surface area contributed by atoms with Crippen molar-refractivity contribution < 1.29 is 0 Å². The summed E-state index contributed by atoms with van der Waals surface area (Å²) in [5.41, 5.74) is 0. The first-order valence-corrected chi connectivity index (χ1v) is 7.47. The Bertz CT molecular complexity index is 136. The van der Waals surface area contributed by atoms with Gasteiger partial charge < -0.3 is 5.32 Å². The minimum atomic E-state index is 0.694. The van der Waals surface area contributed by atoms with Crippen LogP contribution in [0.2, 0.25) is 0 Å². The van der Waals surface area contributed by atoms with E-state index in [0.717, 1.165) is 17.7 Å². The van der Waals surface area contributed by atoms with E-state index >= 15 is 0 Å². The van der Waals surface area contributed by atoms with Gasteiger partial charge in [0.15, 0.2) is 0 Å². The number of rotatable bonds is 9. The molecular formula is C13H29NS. The monoisotopic (exact) mass is 231 g/mol. The SMILES string of the molecule is CCCNC(C)CCCSC(C)C(C)C. The van der Waals surface area contributed by atoms with Crippen LogP contribution in [0.25, 0.3) is 0 Å². The van der Waals surface area contributed by atoms with Gasteiger partial charge in [-0.25, -0.2) is 0 Å². The molecule has 0 saturated heterocycles. The van der Waals surface area contributed by atoms with Crippen molar-refractivity contribution in [1.82, 2.24) is 5.32 Å². The quantitative estimate of drug-likeness (QED) is 0.603. The summed E-state index contributed by atoms with van der Waals surface area (Å²) in [5.74, 6) is 2.13. The lowest BCUT2D eigenvalue weighted by Crippen LogP contribution is -2.26. The molecule has 0 bridgehead atoms. The summed E-state index contributed by atoms with van der Waals surface area (Å²) in [4.78, 5) is 0. The van der Waals surface area contributed by atoms with Gasteiger partial charge in [0.2, 0.25) is 0 Å². The second kappa shape index (κ2) is 9.53. The summed E-state index contributed by atoms with van der Waals surface area (Å²) < 4.78 is 0. The van der Waals surface area contributed by atoms with Crippen molar-refractivity contribution in [2.24, 2.45) is 5.92 Å². The van der Waals surface area contributed by atoms with Crippen molar-refractivity contribution in [2.45, 2.75) is 65.2 Å². The number of nitrogens with one attached hydrogen (secondary N) is 1. The highest BCUT2D eigenvalue weighted by Crippen LogP contribution is 2.20. The fourth-order valence-electron chi connectivity index (χ4n) is 1.34. The van der Waals surface area contributed by atoms with Gasteiger partial charge in [0.25, 0.3) is 0 Å². The molecule has 0 aromatic rings. The number of thioether (sulfide) groups is 1. The number of hydrogen-bond acceptors (Lipinski definition) is 2. The van der Waals surface area contributed by atoms with E-state index in [1.807, 2.05) is 0 Å². The van der Waals surface area contributed by atoms with Crippen LogP contribution in [0, 0.1) is 5.92 Å². The van der Waals surface area contributed by atoms with Crippen molar-refractivity contribution in [1.29, 1.82) is 0 Å². The zero-order chi connectivity index (χ0) is 11.7. The molecule has 0 aliphatic heterocycles. The molecular weight excluding hydrogens is 202 g/mol. The average molecular weight is 231 g/mol. The topological polar surface area (TPSA) is 12.0 Å². The van der Waals surface area contributed by atoms with Crippen molar-refractivity contribution in [3.8, 4) is 0 Å². The standard InChI is InChI=1S/C13H29NS/c1-6-9-14-12(4)8-7-10-15-13(5)11(2)3/h11-14H,6-10H2,1-5H3. The van der Waals surface area contributed by atoms with Gasteiger partial charge in [-0.05, 0) is 44.4 Å². The molecule has 0 amide bonds. The fourth-order valence-corrected chi connectivity index (χ4v) is 2.43. The Kier molecular flexibility index (Phi) is 9.73. The van der Waals surface area contributed by atoms with Crippen LogP contribution >= 0.6 is 11.8 Å². The lowest BCUT2D eigenvalue weighted by atomic mass is 10.2. The van der Waals surface area contributed by atoms with Gasteiger partial charge in [-0.15, -0.1) is 0 Å². The van der Waals surface area contributed by atoms with Crippen molar-refractivity contribution >= 4 is 11.8 Å². The van der Waals surface area contributed by atoms with Crippen molar-refractivity contribution in [2.75, 3.05) is 12.3 Å². The minimum absolute atomic E-state index is 0.694. The molecule has 0 aromatic heterocycles. The Labute approximate surface area is 101 Å². The lowest BCUT2D eigenvalue weighted by Gasteiger charge is -2.16. The second-order valence-corrected chi connectivity index (χ2v) is 6.30. The van der Waals surface area contributed by atoms with Gasteiger partial charge in [-0.1, -0.05) is 27.7 Å². The molecule has 0 spiro atoms. The van der Waals surface area contributed by atoms with Crippen LogP contribution in [0.15, 0.2) is 0 Å². The maximum atomic E-state index is 3.53. The van der Waals surface area contributed by atoms with Gasteiger partial charge in [0, 0.05) is 11.3 Å². The molecule has 0 saturated carbocycles. The molecule has 0 aliphatic rings. The molecule has 92 valence electrons. The summed E-state index contributed by atoms with van der Waals surface area (Å²) in [6.45, 7) is 12.6. The van der Waals surface area contributed by atoms with Crippen LogP contribution in [0.4, 0.5) is 0 Å². The fraction of sp³-hybridized carbons (Fsp3) is 1.00. The van der Waals surface area contributed by atoms with E-state index in [0.29, 0.717) is 6.04 Å². The van der Waals surface area contributed by atoms with Crippen LogP contribution in [-0.4, -0.2) is 23.6 Å². The Morgan fingerprint density at radius 3 is 2.33 bits per heavy atom. The summed E-state index contributed by atoms with van der Waals surface area (Å²) in [7, 11) is 0. The van der Waals surface area contributed by atoms with E-state index in [1.54, 1.807) is 0 Å². The maximum absolute atomic E-state index is 3.53. The average Bonchev–Trinajstić information content (AvgIpc) is 2.20. The predicted octanol–water partition coefficient (Wildman–Crippen LogP) is 3.93. The third-order valence-electron chi connectivity index (χ3n) is 2.84. The molecule has 0 aromatic carbocycles. The molecule has 2 heteroatoms. The van der Waals surface area contributed by atoms with Crippen LogP contribution in [0.5, 0.6) is 0 Å². The molecule has 2 atom stereocenters. The van der Waals surface area contributed by atoms with Gasteiger partial charge >= 0.3 is 0 Å². The van der Waals surface area contributed by atoms with E-state index in [-0.39, 0.29) is 0 Å². The normalized spacial score (nSPS) is 15.6. The largest absolute Gasteiger partial charge is 0.314 e. The minimum Gasteiger partial charge on any atom is -0.314 e. The molecule has 0 rings (SSSR count). The van der Waals surface area contributed by atoms with Crippen LogP contribution in [0.1, 0.15) is 53.9 Å². The van der Waals surface area contributed by atoms with Crippen LogP contribution in [0.3, 0.4) is 0 Å². The Morgan fingerprint density at radius 2 is 1.80 bits per heavy atom. The third-order valence-corrected chi connectivity index (χ3v) is 4.44. The van der Waals surface area contributed by atoms with E-state index in [4.69, 9.17) is 0 Å². The molecule has 0 aliphatic carbocycles. The van der Waals surface area contributed by atoms with Crippen molar-refractivity contribution in [3.05, 3.63) is 0 Å². The predicted molar refractivity (Wildman–Crippen MR) is 73.7 cm³/mol. The van der Waals surface area contributed by atoms with Gasteiger partial charge in [-0.2, -0.15) is 11.8 Å². The summed E-state index contributed by atoms with van der Waals surface area (Å²) >= 11 is 2.12. The van der Waals surface area contributed by atoms with Crippen molar-refractivity contribution in [3.63, 3.8) is 0 Å². The summed E-state index contributed by atoms with van der Waals surface area (Å²) in [6.07, 6.45) is 3.90.